The van der Waals surface area contributed by atoms with Crippen LogP contribution in [0.15, 0.2) is 29.1 Å². The van der Waals surface area contributed by atoms with Crippen molar-refractivity contribution in [1.29, 1.82) is 0 Å². The molecule has 0 aliphatic rings. The van der Waals surface area contributed by atoms with E-state index in [0.29, 0.717) is 5.52 Å². The molecule has 3 N–H and O–H groups in total. The van der Waals surface area contributed by atoms with Gasteiger partial charge in [0.25, 0.3) is 11.5 Å². The standard InChI is InChI=1S/C12H13N3O2/c1-13-8-4-3-7-5-9(11(16)14-2)12(17)15-10(7)6-8/h3-6,13H,1-2H3,(H,14,16)(H,15,17). The predicted octanol–water partition coefficient (Wildman–Crippen LogP) is 0.929. The number of anilines is 1. The van der Waals surface area contributed by atoms with E-state index < -0.39 is 0 Å². The lowest BCUT2D eigenvalue weighted by Gasteiger charge is -2.04. The number of aromatic amines is 1. The van der Waals surface area contributed by atoms with Crippen LogP contribution in [0.2, 0.25) is 0 Å². The van der Waals surface area contributed by atoms with Gasteiger partial charge in [-0.1, -0.05) is 6.07 Å². The molecule has 0 atom stereocenters. The van der Waals surface area contributed by atoms with Gasteiger partial charge in [0.1, 0.15) is 5.56 Å². The van der Waals surface area contributed by atoms with Crippen molar-refractivity contribution in [1.82, 2.24) is 10.3 Å². The summed E-state index contributed by atoms with van der Waals surface area (Å²) in [6.07, 6.45) is 0. The summed E-state index contributed by atoms with van der Waals surface area (Å²) in [5, 5.41) is 6.25. The molecular formula is C12H13N3O2. The monoisotopic (exact) mass is 231 g/mol. The molecule has 0 unspecified atom stereocenters. The van der Waals surface area contributed by atoms with Crippen LogP contribution in [-0.4, -0.2) is 25.0 Å². The number of aromatic nitrogens is 1. The second-order valence-electron chi connectivity index (χ2n) is 3.64. The Kier molecular flexibility index (Phi) is 2.82. The summed E-state index contributed by atoms with van der Waals surface area (Å²) in [5.74, 6) is -0.383. The number of nitrogens with one attached hydrogen (secondary N) is 3. The van der Waals surface area contributed by atoms with Crippen molar-refractivity contribution in [3.05, 3.63) is 40.2 Å². The van der Waals surface area contributed by atoms with Crippen molar-refractivity contribution in [3.63, 3.8) is 0 Å². The summed E-state index contributed by atoms with van der Waals surface area (Å²) in [6, 6.07) is 7.15. The maximum atomic E-state index is 11.7. The van der Waals surface area contributed by atoms with Crippen molar-refractivity contribution in [2.75, 3.05) is 19.4 Å². The molecule has 1 heterocycles. The summed E-state index contributed by atoms with van der Waals surface area (Å²) < 4.78 is 0. The van der Waals surface area contributed by atoms with Gasteiger partial charge in [0.15, 0.2) is 0 Å². The molecule has 0 aliphatic carbocycles. The molecule has 1 amide bonds. The molecule has 2 aromatic rings. The first-order valence-corrected chi connectivity index (χ1v) is 5.22. The summed E-state index contributed by atoms with van der Waals surface area (Å²) in [4.78, 5) is 25.8. The highest BCUT2D eigenvalue weighted by Crippen LogP contribution is 2.16. The first-order valence-electron chi connectivity index (χ1n) is 5.22. The average molecular weight is 231 g/mol. The van der Waals surface area contributed by atoms with Gasteiger partial charge in [-0.15, -0.1) is 0 Å². The van der Waals surface area contributed by atoms with Gasteiger partial charge in [-0.2, -0.15) is 0 Å². The number of carbonyl (C=O) groups excluding carboxylic acids is 1. The van der Waals surface area contributed by atoms with Crippen LogP contribution in [0.5, 0.6) is 0 Å². The van der Waals surface area contributed by atoms with E-state index in [-0.39, 0.29) is 17.0 Å². The summed E-state index contributed by atoms with van der Waals surface area (Å²) in [6.45, 7) is 0. The average Bonchev–Trinajstić information content (AvgIpc) is 2.36. The SMILES string of the molecule is CNC(=O)c1cc2ccc(NC)cc2[nH]c1=O. The van der Waals surface area contributed by atoms with E-state index in [1.807, 2.05) is 18.2 Å². The second kappa shape index (κ2) is 4.29. The lowest BCUT2D eigenvalue weighted by molar-refractivity contribution is 0.0962. The molecule has 5 nitrogen and oxygen atoms in total. The molecule has 1 aromatic carbocycles. The number of amides is 1. The Morgan fingerprint density at radius 1 is 1.24 bits per heavy atom. The summed E-state index contributed by atoms with van der Waals surface area (Å²) in [7, 11) is 3.30. The third kappa shape index (κ3) is 1.99. The zero-order chi connectivity index (χ0) is 12.4. The van der Waals surface area contributed by atoms with Crippen LogP contribution in [0.1, 0.15) is 10.4 Å². The maximum Gasteiger partial charge on any atom is 0.261 e. The van der Waals surface area contributed by atoms with E-state index >= 15 is 0 Å². The van der Waals surface area contributed by atoms with Crippen LogP contribution >= 0.6 is 0 Å². The number of pyridine rings is 1. The molecule has 2 rings (SSSR count). The largest absolute Gasteiger partial charge is 0.388 e. The van der Waals surface area contributed by atoms with E-state index in [0.717, 1.165) is 11.1 Å². The fourth-order valence-electron chi connectivity index (χ4n) is 1.66. The Balaban J connectivity index is 2.66. The minimum atomic E-state index is -0.384. The summed E-state index contributed by atoms with van der Waals surface area (Å²) in [5.41, 5.74) is 1.35. The topological polar surface area (TPSA) is 74.0 Å². The number of hydrogen-bond acceptors (Lipinski definition) is 3. The Labute approximate surface area is 97.9 Å². The molecule has 0 spiro atoms. The fraction of sp³-hybridized carbons (Fsp3) is 0.167. The molecule has 0 aliphatic heterocycles. The van der Waals surface area contributed by atoms with Crippen LogP contribution in [0.3, 0.4) is 0 Å². The van der Waals surface area contributed by atoms with E-state index in [9.17, 15) is 9.59 Å². The third-order valence-corrected chi connectivity index (χ3v) is 2.61. The van der Waals surface area contributed by atoms with Crippen molar-refractivity contribution in [2.24, 2.45) is 0 Å². The van der Waals surface area contributed by atoms with Gasteiger partial charge in [-0.3, -0.25) is 9.59 Å². The van der Waals surface area contributed by atoms with Crippen LogP contribution in [0.4, 0.5) is 5.69 Å². The van der Waals surface area contributed by atoms with Gasteiger partial charge >= 0.3 is 0 Å². The molecular weight excluding hydrogens is 218 g/mol. The van der Waals surface area contributed by atoms with E-state index in [1.165, 1.54) is 7.05 Å². The molecule has 88 valence electrons. The second-order valence-corrected chi connectivity index (χ2v) is 3.64. The molecule has 0 radical (unpaired) electrons. The van der Waals surface area contributed by atoms with Crippen LogP contribution in [0.25, 0.3) is 10.9 Å². The van der Waals surface area contributed by atoms with Crippen molar-refractivity contribution in [3.8, 4) is 0 Å². The molecule has 0 fully saturated rings. The molecule has 0 bridgehead atoms. The molecule has 1 aromatic heterocycles. The van der Waals surface area contributed by atoms with Crippen molar-refractivity contribution < 1.29 is 4.79 Å². The zero-order valence-corrected chi connectivity index (χ0v) is 9.63. The molecule has 5 heteroatoms. The smallest absolute Gasteiger partial charge is 0.261 e. The predicted molar refractivity (Wildman–Crippen MR) is 67.5 cm³/mol. The highest BCUT2D eigenvalue weighted by molar-refractivity contribution is 5.97. The van der Waals surface area contributed by atoms with Gasteiger partial charge in [0.05, 0.1) is 5.52 Å². The van der Waals surface area contributed by atoms with Crippen LogP contribution in [0, 0.1) is 0 Å². The number of H-pyrrole nitrogens is 1. The molecule has 17 heavy (non-hydrogen) atoms. The van der Waals surface area contributed by atoms with Crippen LogP contribution < -0.4 is 16.2 Å². The van der Waals surface area contributed by atoms with Crippen molar-refractivity contribution in [2.45, 2.75) is 0 Å². The van der Waals surface area contributed by atoms with Gasteiger partial charge in [0.2, 0.25) is 0 Å². The Morgan fingerprint density at radius 2 is 2.00 bits per heavy atom. The zero-order valence-electron chi connectivity index (χ0n) is 9.63. The van der Waals surface area contributed by atoms with Gasteiger partial charge < -0.3 is 15.6 Å². The molecule has 0 saturated carbocycles. The van der Waals surface area contributed by atoms with Gasteiger partial charge in [-0.25, -0.2) is 0 Å². The van der Waals surface area contributed by atoms with Crippen molar-refractivity contribution >= 4 is 22.5 Å². The fourth-order valence-corrected chi connectivity index (χ4v) is 1.66. The minimum absolute atomic E-state index is 0.122. The maximum absolute atomic E-state index is 11.7. The molecule has 0 saturated heterocycles. The Morgan fingerprint density at radius 3 is 2.65 bits per heavy atom. The Bertz CT molecular complexity index is 631. The van der Waals surface area contributed by atoms with Gasteiger partial charge in [-0.05, 0) is 23.6 Å². The number of rotatable bonds is 2. The normalized spacial score (nSPS) is 10.2. The quantitative estimate of drug-likeness (QED) is 0.719. The lowest BCUT2D eigenvalue weighted by atomic mass is 10.1. The highest BCUT2D eigenvalue weighted by Gasteiger charge is 2.09. The van der Waals surface area contributed by atoms with E-state index in [1.54, 1.807) is 13.1 Å². The Hall–Kier alpha value is -2.30. The first kappa shape index (κ1) is 11.2. The van der Waals surface area contributed by atoms with E-state index in [4.69, 9.17) is 0 Å². The van der Waals surface area contributed by atoms with Crippen LogP contribution in [-0.2, 0) is 0 Å². The first-order chi connectivity index (χ1) is 8.15. The third-order valence-electron chi connectivity index (χ3n) is 2.61. The van der Waals surface area contributed by atoms with Gasteiger partial charge in [0, 0.05) is 19.8 Å². The number of hydrogen-bond donors (Lipinski definition) is 3. The summed E-state index contributed by atoms with van der Waals surface area (Å²) >= 11 is 0. The number of benzene rings is 1. The van der Waals surface area contributed by atoms with E-state index in [2.05, 4.69) is 15.6 Å². The number of fused-ring (bicyclic) bond motifs is 1. The highest BCUT2D eigenvalue weighted by atomic mass is 16.2. The minimum Gasteiger partial charge on any atom is -0.388 e. The number of carbonyl (C=O) groups is 1. The lowest BCUT2D eigenvalue weighted by Crippen LogP contribution is -2.26.